The molecular formula is C16H18N2OS. The fraction of sp³-hybridized carbons (Fsp3) is 0.375. The van der Waals surface area contributed by atoms with Crippen molar-refractivity contribution < 1.29 is 4.79 Å². The summed E-state index contributed by atoms with van der Waals surface area (Å²) in [5, 5.41) is 5.02. The second kappa shape index (κ2) is 5.44. The molecule has 1 fully saturated rings. The van der Waals surface area contributed by atoms with Crippen molar-refractivity contribution in [3.05, 3.63) is 35.9 Å². The molecular weight excluding hydrogens is 268 g/mol. The zero-order chi connectivity index (χ0) is 14.1. The van der Waals surface area contributed by atoms with E-state index >= 15 is 0 Å². The molecule has 0 aliphatic heterocycles. The number of nitrogens with zero attached hydrogens (tertiary/aromatic N) is 1. The van der Waals surface area contributed by atoms with Gasteiger partial charge in [-0.2, -0.15) is 0 Å². The van der Waals surface area contributed by atoms with Crippen LogP contribution >= 0.6 is 11.8 Å². The Hall–Kier alpha value is -1.55. The SMILES string of the molecule is Cc1cc(SC(C)C(=O)NC2CC2)nc2ccccc12. The molecule has 20 heavy (non-hydrogen) atoms. The Morgan fingerprint density at radius 2 is 2.15 bits per heavy atom. The normalized spacial score (nSPS) is 16.1. The molecule has 0 bridgehead atoms. The predicted molar refractivity (Wildman–Crippen MR) is 83.0 cm³/mol. The number of rotatable bonds is 4. The number of nitrogens with one attached hydrogen (secondary N) is 1. The Kier molecular flexibility index (Phi) is 3.66. The molecule has 3 rings (SSSR count). The molecule has 0 saturated heterocycles. The smallest absolute Gasteiger partial charge is 0.233 e. The number of pyridine rings is 1. The Labute approximate surface area is 123 Å². The molecule has 1 heterocycles. The number of aromatic nitrogens is 1. The van der Waals surface area contributed by atoms with Gasteiger partial charge in [-0.15, -0.1) is 0 Å². The van der Waals surface area contributed by atoms with Crippen LogP contribution in [0.25, 0.3) is 10.9 Å². The highest BCUT2D eigenvalue weighted by molar-refractivity contribution is 8.00. The fourth-order valence-electron chi connectivity index (χ4n) is 2.16. The summed E-state index contributed by atoms with van der Waals surface area (Å²) in [5.74, 6) is 0.116. The van der Waals surface area contributed by atoms with Crippen LogP contribution in [-0.2, 0) is 4.79 Å². The van der Waals surface area contributed by atoms with Gasteiger partial charge in [-0.25, -0.2) is 4.98 Å². The lowest BCUT2D eigenvalue weighted by Gasteiger charge is -2.12. The maximum absolute atomic E-state index is 12.0. The van der Waals surface area contributed by atoms with Crippen molar-refractivity contribution in [3.63, 3.8) is 0 Å². The van der Waals surface area contributed by atoms with E-state index in [0.29, 0.717) is 6.04 Å². The summed E-state index contributed by atoms with van der Waals surface area (Å²) in [6, 6.07) is 10.6. The molecule has 1 unspecified atom stereocenters. The van der Waals surface area contributed by atoms with Crippen LogP contribution in [0.1, 0.15) is 25.3 Å². The first-order valence-corrected chi connectivity index (χ1v) is 7.85. The lowest BCUT2D eigenvalue weighted by atomic mass is 10.1. The van der Waals surface area contributed by atoms with E-state index in [-0.39, 0.29) is 11.2 Å². The summed E-state index contributed by atoms with van der Waals surface area (Å²) in [7, 11) is 0. The third kappa shape index (κ3) is 2.96. The van der Waals surface area contributed by atoms with Crippen LogP contribution < -0.4 is 5.32 Å². The number of benzene rings is 1. The minimum absolute atomic E-state index is 0.108. The number of fused-ring (bicyclic) bond motifs is 1. The lowest BCUT2D eigenvalue weighted by molar-refractivity contribution is -0.120. The maximum Gasteiger partial charge on any atom is 0.233 e. The summed E-state index contributed by atoms with van der Waals surface area (Å²) >= 11 is 1.53. The van der Waals surface area contributed by atoms with E-state index in [0.717, 1.165) is 23.4 Å². The van der Waals surface area contributed by atoms with Gasteiger partial charge in [0.1, 0.15) is 0 Å². The molecule has 1 aromatic heterocycles. The van der Waals surface area contributed by atoms with Crippen molar-refractivity contribution >= 4 is 28.6 Å². The third-order valence-corrected chi connectivity index (χ3v) is 4.51. The Bertz CT molecular complexity index is 652. The van der Waals surface area contributed by atoms with Crippen LogP contribution in [-0.4, -0.2) is 22.2 Å². The van der Waals surface area contributed by atoms with E-state index in [1.54, 1.807) is 0 Å². The molecule has 4 heteroatoms. The van der Waals surface area contributed by atoms with Crippen molar-refractivity contribution in [3.8, 4) is 0 Å². The molecule has 2 aromatic rings. The summed E-state index contributed by atoms with van der Waals surface area (Å²) in [6.07, 6.45) is 2.24. The minimum atomic E-state index is -0.108. The van der Waals surface area contributed by atoms with E-state index in [1.165, 1.54) is 22.7 Å². The first-order valence-electron chi connectivity index (χ1n) is 6.97. The van der Waals surface area contributed by atoms with Crippen LogP contribution in [0.5, 0.6) is 0 Å². The second-order valence-corrected chi connectivity index (χ2v) is 6.70. The molecule has 104 valence electrons. The highest BCUT2D eigenvalue weighted by Crippen LogP contribution is 2.27. The number of carbonyl (C=O) groups is 1. The van der Waals surface area contributed by atoms with Crippen molar-refractivity contribution in [1.29, 1.82) is 0 Å². The number of hydrogen-bond donors (Lipinski definition) is 1. The molecule has 1 saturated carbocycles. The van der Waals surface area contributed by atoms with Gasteiger partial charge in [0.25, 0.3) is 0 Å². The molecule has 1 aliphatic rings. The lowest BCUT2D eigenvalue weighted by Crippen LogP contribution is -2.32. The van der Waals surface area contributed by atoms with Gasteiger partial charge in [0.2, 0.25) is 5.91 Å². The average Bonchev–Trinajstić information content (AvgIpc) is 3.22. The van der Waals surface area contributed by atoms with Gasteiger partial charge >= 0.3 is 0 Å². The van der Waals surface area contributed by atoms with E-state index in [9.17, 15) is 4.79 Å². The second-order valence-electron chi connectivity index (χ2n) is 5.34. The zero-order valence-corrected chi connectivity index (χ0v) is 12.5. The summed E-state index contributed by atoms with van der Waals surface area (Å²) in [6.45, 7) is 4.03. The van der Waals surface area contributed by atoms with Crippen molar-refractivity contribution in [2.45, 2.75) is 43.0 Å². The molecule has 3 nitrogen and oxygen atoms in total. The van der Waals surface area contributed by atoms with Gasteiger partial charge in [0, 0.05) is 11.4 Å². The number of aryl methyl sites for hydroxylation is 1. The summed E-state index contributed by atoms with van der Waals surface area (Å²) in [4.78, 5) is 16.6. The molecule has 1 aliphatic carbocycles. The maximum atomic E-state index is 12.0. The Morgan fingerprint density at radius 1 is 1.40 bits per heavy atom. The van der Waals surface area contributed by atoms with Crippen LogP contribution in [0.15, 0.2) is 35.4 Å². The van der Waals surface area contributed by atoms with Gasteiger partial charge in [-0.05, 0) is 44.4 Å². The average molecular weight is 286 g/mol. The molecule has 1 N–H and O–H groups in total. The number of thioether (sulfide) groups is 1. The predicted octanol–water partition coefficient (Wildman–Crippen LogP) is 3.30. The fourth-order valence-corrected chi connectivity index (χ4v) is 3.09. The molecule has 1 aromatic carbocycles. The van der Waals surface area contributed by atoms with Gasteiger partial charge in [0.15, 0.2) is 0 Å². The Morgan fingerprint density at radius 3 is 2.90 bits per heavy atom. The first-order chi connectivity index (χ1) is 9.63. The van der Waals surface area contributed by atoms with E-state index in [4.69, 9.17) is 0 Å². The highest BCUT2D eigenvalue weighted by Gasteiger charge is 2.26. The van der Waals surface area contributed by atoms with Gasteiger partial charge in [-0.3, -0.25) is 4.79 Å². The van der Waals surface area contributed by atoms with E-state index in [2.05, 4.69) is 29.4 Å². The number of amides is 1. The number of carbonyl (C=O) groups excluding carboxylic acids is 1. The molecule has 0 spiro atoms. The van der Waals surface area contributed by atoms with Gasteiger partial charge < -0.3 is 5.32 Å². The molecule has 1 atom stereocenters. The topological polar surface area (TPSA) is 42.0 Å². The molecule has 1 amide bonds. The van der Waals surface area contributed by atoms with Crippen LogP contribution in [0, 0.1) is 6.92 Å². The number of hydrogen-bond acceptors (Lipinski definition) is 3. The summed E-state index contributed by atoms with van der Waals surface area (Å²) < 4.78 is 0. The largest absolute Gasteiger partial charge is 0.352 e. The highest BCUT2D eigenvalue weighted by atomic mass is 32.2. The van der Waals surface area contributed by atoms with Crippen molar-refractivity contribution in [2.75, 3.05) is 0 Å². The van der Waals surface area contributed by atoms with Crippen molar-refractivity contribution in [2.24, 2.45) is 0 Å². The molecule has 0 radical (unpaired) electrons. The van der Waals surface area contributed by atoms with E-state index < -0.39 is 0 Å². The van der Waals surface area contributed by atoms with E-state index in [1.807, 2.05) is 25.1 Å². The first kappa shape index (κ1) is 13.4. The van der Waals surface area contributed by atoms with Crippen molar-refractivity contribution in [1.82, 2.24) is 10.3 Å². The minimum Gasteiger partial charge on any atom is -0.352 e. The van der Waals surface area contributed by atoms with Crippen LogP contribution in [0.3, 0.4) is 0 Å². The van der Waals surface area contributed by atoms with Crippen LogP contribution in [0.2, 0.25) is 0 Å². The number of para-hydroxylation sites is 1. The van der Waals surface area contributed by atoms with Crippen LogP contribution in [0.4, 0.5) is 0 Å². The third-order valence-electron chi connectivity index (χ3n) is 3.49. The zero-order valence-electron chi connectivity index (χ0n) is 11.7. The van der Waals surface area contributed by atoms with Gasteiger partial charge in [0.05, 0.1) is 15.8 Å². The quantitative estimate of drug-likeness (QED) is 0.877. The summed E-state index contributed by atoms with van der Waals surface area (Å²) in [5.41, 5.74) is 2.19. The Balaban J connectivity index is 1.77. The monoisotopic (exact) mass is 286 g/mol. The standard InChI is InChI=1S/C16H18N2OS/c1-10-9-15(18-14-6-4-3-5-13(10)14)20-11(2)16(19)17-12-7-8-12/h3-6,9,11-12H,7-8H2,1-2H3,(H,17,19). The van der Waals surface area contributed by atoms with Gasteiger partial charge in [-0.1, -0.05) is 30.0 Å².